The van der Waals surface area contributed by atoms with Crippen molar-refractivity contribution in [3.63, 3.8) is 0 Å². The Balaban J connectivity index is 1.65. The number of benzene rings is 2. The predicted octanol–water partition coefficient (Wildman–Crippen LogP) is 6.00. The third kappa shape index (κ3) is 7.28. The Morgan fingerprint density at radius 1 is 1.09 bits per heavy atom. The molecule has 0 spiro atoms. The van der Waals surface area contributed by atoms with Gasteiger partial charge in [0.25, 0.3) is 0 Å². The maximum atomic E-state index is 13.2. The molecule has 2 aromatic rings. The van der Waals surface area contributed by atoms with Crippen molar-refractivity contribution in [2.45, 2.75) is 75.9 Å². The Hall–Kier alpha value is -1.98. The SMILES string of the molecule is Cc1ccc(SCCC(=O)N(Cc2ccccc2Cl)[C@H](C)C(=O)NC2CCCCC2)cc1. The van der Waals surface area contributed by atoms with Crippen LogP contribution in [0, 0.1) is 6.92 Å². The minimum atomic E-state index is -0.551. The van der Waals surface area contributed by atoms with E-state index in [0.29, 0.717) is 23.7 Å². The first-order valence-corrected chi connectivity index (χ1v) is 12.8. The molecule has 6 heteroatoms. The van der Waals surface area contributed by atoms with Crippen LogP contribution < -0.4 is 5.32 Å². The molecule has 172 valence electrons. The van der Waals surface area contributed by atoms with E-state index in [1.54, 1.807) is 16.7 Å². The summed E-state index contributed by atoms with van der Waals surface area (Å²) in [4.78, 5) is 29.1. The summed E-state index contributed by atoms with van der Waals surface area (Å²) in [5.41, 5.74) is 2.07. The lowest BCUT2D eigenvalue weighted by Crippen LogP contribution is -2.50. The average molecular weight is 473 g/mol. The lowest BCUT2D eigenvalue weighted by Gasteiger charge is -2.31. The third-order valence-corrected chi connectivity index (χ3v) is 7.41. The van der Waals surface area contributed by atoms with Crippen molar-refractivity contribution >= 4 is 35.2 Å². The van der Waals surface area contributed by atoms with Crippen LogP contribution in [0.4, 0.5) is 0 Å². The molecule has 1 saturated carbocycles. The summed E-state index contributed by atoms with van der Waals surface area (Å²) in [6.07, 6.45) is 5.94. The number of amides is 2. The molecule has 0 aromatic heterocycles. The van der Waals surface area contributed by atoms with Crippen LogP contribution in [0.25, 0.3) is 0 Å². The van der Waals surface area contributed by atoms with Crippen LogP contribution in [-0.4, -0.2) is 34.6 Å². The maximum Gasteiger partial charge on any atom is 0.242 e. The fourth-order valence-corrected chi connectivity index (χ4v) is 5.03. The Labute approximate surface area is 201 Å². The number of nitrogens with zero attached hydrogens (tertiary/aromatic N) is 1. The molecule has 0 bridgehead atoms. The van der Waals surface area contributed by atoms with Crippen molar-refractivity contribution in [2.75, 3.05) is 5.75 Å². The second kappa shape index (κ2) is 12.3. The van der Waals surface area contributed by atoms with Crippen molar-refractivity contribution in [1.29, 1.82) is 0 Å². The second-order valence-corrected chi connectivity index (χ2v) is 10.1. The summed E-state index contributed by atoms with van der Waals surface area (Å²) in [7, 11) is 0. The minimum absolute atomic E-state index is 0.0316. The van der Waals surface area contributed by atoms with Gasteiger partial charge in [-0.3, -0.25) is 9.59 Å². The van der Waals surface area contributed by atoms with Gasteiger partial charge in [-0.15, -0.1) is 11.8 Å². The quantitative estimate of drug-likeness (QED) is 0.455. The first-order valence-electron chi connectivity index (χ1n) is 11.5. The number of aryl methyl sites for hydroxylation is 1. The van der Waals surface area contributed by atoms with Gasteiger partial charge in [-0.2, -0.15) is 0 Å². The van der Waals surface area contributed by atoms with Gasteiger partial charge in [-0.25, -0.2) is 0 Å². The zero-order chi connectivity index (χ0) is 22.9. The molecule has 0 saturated heterocycles. The van der Waals surface area contributed by atoms with Gasteiger partial charge in [0.1, 0.15) is 6.04 Å². The molecule has 4 nitrogen and oxygen atoms in total. The Bertz CT molecular complexity index is 897. The summed E-state index contributed by atoms with van der Waals surface area (Å²) in [5.74, 6) is 0.553. The van der Waals surface area contributed by atoms with Crippen LogP contribution in [0.1, 0.15) is 56.6 Å². The number of carbonyl (C=O) groups excluding carboxylic acids is 2. The molecular weight excluding hydrogens is 440 g/mol. The van der Waals surface area contributed by atoms with Gasteiger partial charge in [-0.1, -0.05) is 66.8 Å². The molecule has 0 heterocycles. The molecule has 2 aromatic carbocycles. The molecule has 1 aliphatic rings. The molecule has 1 N–H and O–H groups in total. The van der Waals surface area contributed by atoms with Gasteiger partial charge in [0.05, 0.1) is 0 Å². The van der Waals surface area contributed by atoms with Crippen molar-refractivity contribution in [3.8, 4) is 0 Å². The molecule has 0 aliphatic heterocycles. The van der Waals surface area contributed by atoms with Gasteiger partial charge in [0.2, 0.25) is 11.8 Å². The van der Waals surface area contributed by atoms with Crippen LogP contribution >= 0.6 is 23.4 Å². The molecule has 1 atom stereocenters. The van der Waals surface area contributed by atoms with Crippen molar-refractivity contribution < 1.29 is 9.59 Å². The highest BCUT2D eigenvalue weighted by molar-refractivity contribution is 7.99. The fourth-order valence-electron chi connectivity index (χ4n) is 4.00. The lowest BCUT2D eigenvalue weighted by atomic mass is 9.95. The smallest absolute Gasteiger partial charge is 0.242 e. The van der Waals surface area contributed by atoms with E-state index in [1.807, 2.05) is 31.2 Å². The molecular formula is C26H33ClN2O2S. The standard InChI is InChI=1S/C26H33ClN2O2S/c1-19-12-14-23(15-13-19)32-17-16-25(30)29(18-21-8-6-7-11-24(21)27)20(2)26(31)28-22-9-4-3-5-10-22/h6-8,11-15,20,22H,3-5,9-10,16-18H2,1-2H3,(H,28,31)/t20-/m1/s1. The Morgan fingerprint density at radius 2 is 1.78 bits per heavy atom. The summed E-state index contributed by atoms with van der Waals surface area (Å²) < 4.78 is 0. The summed E-state index contributed by atoms with van der Waals surface area (Å²) in [6.45, 7) is 4.21. The third-order valence-electron chi connectivity index (χ3n) is 6.02. The molecule has 32 heavy (non-hydrogen) atoms. The number of nitrogens with one attached hydrogen (secondary N) is 1. The minimum Gasteiger partial charge on any atom is -0.352 e. The lowest BCUT2D eigenvalue weighted by molar-refractivity contribution is -0.140. The highest BCUT2D eigenvalue weighted by Crippen LogP contribution is 2.23. The maximum absolute atomic E-state index is 13.2. The highest BCUT2D eigenvalue weighted by Gasteiger charge is 2.28. The zero-order valence-corrected chi connectivity index (χ0v) is 20.6. The number of thioether (sulfide) groups is 1. The molecule has 2 amide bonds. The fraction of sp³-hybridized carbons (Fsp3) is 0.462. The largest absolute Gasteiger partial charge is 0.352 e. The van der Waals surface area contributed by atoms with E-state index in [9.17, 15) is 9.59 Å². The van der Waals surface area contributed by atoms with E-state index in [1.165, 1.54) is 12.0 Å². The van der Waals surface area contributed by atoms with Crippen molar-refractivity contribution in [1.82, 2.24) is 10.2 Å². The zero-order valence-electron chi connectivity index (χ0n) is 19.0. The van der Waals surface area contributed by atoms with Crippen molar-refractivity contribution in [2.24, 2.45) is 0 Å². The van der Waals surface area contributed by atoms with E-state index in [0.717, 1.165) is 36.1 Å². The average Bonchev–Trinajstić information content (AvgIpc) is 2.80. The van der Waals surface area contributed by atoms with Gasteiger partial charge >= 0.3 is 0 Å². The normalized spacial score (nSPS) is 15.2. The van der Waals surface area contributed by atoms with Crippen LogP contribution in [0.3, 0.4) is 0 Å². The van der Waals surface area contributed by atoms with Gasteiger partial charge in [-0.05, 0) is 50.5 Å². The summed E-state index contributed by atoms with van der Waals surface area (Å²) >= 11 is 8.03. The molecule has 1 fully saturated rings. The topological polar surface area (TPSA) is 49.4 Å². The number of carbonyl (C=O) groups is 2. The predicted molar refractivity (Wildman–Crippen MR) is 133 cm³/mol. The molecule has 0 unspecified atom stereocenters. The first-order chi connectivity index (χ1) is 15.4. The van der Waals surface area contributed by atoms with E-state index in [-0.39, 0.29) is 17.9 Å². The first kappa shape index (κ1) is 24.7. The van der Waals surface area contributed by atoms with E-state index >= 15 is 0 Å². The van der Waals surface area contributed by atoms with Crippen molar-refractivity contribution in [3.05, 3.63) is 64.7 Å². The second-order valence-electron chi connectivity index (χ2n) is 8.54. The summed E-state index contributed by atoms with van der Waals surface area (Å²) in [5, 5.41) is 3.78. The van der Waals surface area contributed by atoms with Gasteiger partial charge in [0, 0.05) is 34.7 Å². The Kier molecular flexibility index (Phi) is 9.49. The monoisotopic (exact) mass is 472 g/mol. The molecule has 3 rings (SSSR count). The number of hydrogen-bond acceptors (Lipinski definition) is 3. The number of hydrogen-bond donors (Lipinski definition) is 1. The number of halogens is 1. The Morgan fingerprint density at radius 3 is 2.47 bits per heavy atom. The van der Waals surface area contributed by atoms with E-state index < -0.39 is 6.04 Å². The van der Waals surface area contributed by atoms with E-state index in [2.05, 4.69) is 36.5 Å². The molecule has 0 radical (unpaired) electrons. The summed E-state index contributed by atoms with van der Waals surface area (Å²) in [6, 6.07) is 15.5. The van der Waals surface area contributed by atoms with Crippen LogP contribution in [0.5, 0.6) is 0 Å². The van der Waals surface area contributed by atoms with Gasteiger partial charge < -0.3 is 10.2 Å². The van der Waals surface area contributed by atoms with Crippen LogP contribution in [0.2, 0.25) is 5.02 Å². The van der Waals surface area contributed by atoms with Crippen LogP contribution in [-0.2, 0) is 16.1 Å². The highest BCUT2D eigenvalue weighted by atomic mass is 35.5. The number of rotatable bonds is 9. The molecule has 1 aliphatic carbocycles. The van der Waals surface area contributed by atoms with Crippen LogP contribution in [0.15, 0.2) is 53.4 Å². The van der Waals surface area contributed by atoms with Gasteiger partial charge in [0.15, 0.2) is 0 Å². The van der Waals surface area contributed by atoms with E-state index in [4.69, 9.17) is 11.6 Å².